The number of para-hydroxylation sites is 1. The lowest BCUT2D eigenvalue weighted by atomic mass is 9.87. The summed E-state index contributed by atoms with van der Waals surface area (Å²) in [6.45, 7) is 10.6. The van der Waals surface area contributed by atoms with Crippen molar-refractivity contribution in [1.82, 2.24) is 14.6 Å². The molecule has 4 aromatic rings. The van der Waals surface area contributed by atoms with Gasteiger partial charge in [0.05, 0.1) is 11.3 Å². The van der Waals surface area contributed by atoms with Gasteiger partial charge in [0.2, 0.25) is 4.96 Å². The number of carbonyl (C=O) groups is 1. The predicted molar refractivity (Wildman–Crippen MR) is 128 cm³/mol. The van der Waals surface area contributed by atoms with E-state index in [0.29, 0.717) is 27.4 Å². The van der Waals surface area contributed by atoms with Gasteiger partial charge >= 0.3 is 0 Å². The van der Waals surface area contributed by atoms with Crippen LogP contribution in [0.5, 0.6) is 0 Å². The number of benzene rings is 2. The summed E-state index contributed by atoms with van der Waals surface area (Å²) in [5.74, 6) is 0.294. The Labute approximate surface area is 189 Å². The maximum Gasteiger partial charge on any atom is 0.291 e. The number of hydrogen-bond acceptors (Lipinski definition) is 5. The summed E-state index contributed by atoms with van der Waals surface area (Å²) in [7, 11) is 0. The second-order valence-electron chi connectivity index (χ2n) is 8.79. The van der Waals surface area contributed by atoms with Crippen molar-refractivity contribution in [2.45, 2.75) is 26.2 Å². The van der Waals surface area contributed by atoms with Crippen molar-refractivity contribution >= 4 is 33.5 Å². The first-order valence-electron chi connectivity index (χ1n) is 10.4. The molecular weight excluding hydrogens is 420 g/mol. The fourth-order valence-electron chi connectivity index (χ4n) is 3.94. The molecule has 0 atom stereocenters. The summed E-state index contributed by atoms with van der Waals surface area (Å²) >= 11 is 1.20. The molecule has 6 nitrogen and oxygen atoms in total. The lowest BCUT2D eigenvalue weighted by Crippen LogP contribution is -2.32. The first-order valence-corrected chi connectivity index (χ1v) is 11.2. The van der Waals surface area contributed by atoms with Crippen molar-refractivity contribution in [3.05, 3.63) is 87.2 Å². The van der Waals surface area contributed by atoms with Gasteiger partial charge in [-0.25, -0.2) is 0 Å². The van der Waals surface area contributed by atoms with Gasteiger partial charge < -0.3 is 4.90 Å². The van der Waals surface area contributed by atoms with Gasteiger partial charge in [0.25, 0.3) is 11.5 Å². The minimum atomic E-state index is -0.325. The Hall–Kier alpha value is -3.58. The van der Waals surface area contributed by atoms with Gasteiger partial charge in [0, 0.05) is 17.7 Å². The SMILES string of the molecule is C=CCN1C(=O)C(=c2sc3nc(-c4ccc(C(C)(C)C)cc4)nn3c2=O)c2ccccc21. The quantitative estimate of drug-likeness (QED) is 0.455. The normalized spacial score (nSPS) is 15.5. The lowest BCUT2D eigenvalue weighted by molar-refractivity contribution is -0.112. The molecule has 2 aromatic carbocycles. The van der Waals surface area contributed by atoms with E-state index in [2.05, 4.69) is 49.6 Å². The molecular formula is C25H22N4O2S. The van der Waals surface area contributed by atoms with Crippen molar-refractivity contribution in [2.75, 3.05) is 11.4 Å². The average Bonchev–Trinajstić information content (AvgIpc) is 3.40. The molecule has 32 heavy (non-hydrogen) atoms. The highest BCUT2D eigenvalue weighted by Crippen LogP contribution is 2.35. The molecule has 3 heterocycles. The molecule has 0 bridgehead atoms. The molecule has 160 valence electrons. The summed E-state index contributed by atoms with van der Waals surface area (Å²) in [6, 6.07) is 15.6. The molecule has 0 saturated carbocycles. The highest BCUT2D eigenvalue weighted by Gasteiger charge is 2.33. The topological polar surface area (TPSA) is 67.6 Å². The summed E-state index contributed by atoms with van der Waals surface area (Å²) in [4.78, 5) is 33.1. The van der Waals surface area contributed by atoms with Gasteiger partial charge in [0.15, 0.2) is 5.82 Å². The van der Waals surface area contributed by atoms with Crippen LogP contribution in [0.3, 0.4) is 0 Å². The standard InChI is InChI=1S/C25H22N4O2S/c1-5-14-28-18-9-7-6-8-17(18)19(22(28)30)20-23(31)29-24(32-20)26-21(27-29)15-10-12-16(13-11-15)25(2,3)4/h5-13H,1,14H2,2-4H3. The summed E-state index contributed by atoms with van der Waals surface area (Å²) < 4.78 is 1.66. The van der Waals surface area contributed by atoms with E-state index in [0.717, 1.165) is 16.8 Å². The number of anilines is 1. The van der Waals surface area contributed by atoms with E-state index in [1.165, 1.54) is 21.4 Å². The average molecular weight is 443 g/mol. The molecule has 2 aromatic heterocycles. The van der Waals surface area contributed by atoms with Crippen LogP contribution in [0.25, 0.3) is 21.9 Å². The van der Waals surface area contributed by atoms with Gasteiger partial charge in [-0.2, -0.15) is 9.50 Å². The minimum absolute atomic E-state index is 0.0540. The predicted octanol–water partition coefficient (Wildman–Crippen LogP) is 3.57. The Bertz CT molecular complexity index is 1490. The molecule has 7 heteroatoms. The van der Waals surface area contributed by atoms with Gasteiger partial charge in [-0.15, -0.1) is 11.7 Å². The number of aromatic nitrogens is 3. The second-order valence-corrected chi connectivity index (χ2v) is 9.77. The van der Waals surface area contributed by atoms with Crippen molar-refractivity contribution in [3.8, 4) is 11.4 Å². The third-order valence-corrected chi connectivity index (χ3v) is 6.66. The Morgan fingerprint density at radius 3 is 2.44 bits per heavy atom. The van der Waals surface area contributed by atoms with E-state index in [-0.39, 0.29) is 16.9 Å². The Kier molecular flexibility index (Phi) is 4.60. The molecule has 5 rings (SSSR count). The van der Waals surface area contributed by atoms with Gasteiger partial charge in [-0.05, 0) is 17.0 Å². The first-order chi connectivity index (χ1) is 15.3. The molecule has 0 aliphatic carbocycles. The van der Waals surface area contributed by atoms with Crippen LogP contribution in [0, 0.1) is 0 Å². The number of hydrogen-bond donors (Lipinski definition) is 0. The lowest BCUT2D eigenvalue weighted by Gasteiger charge is -2.18. The van der Waals surface area contributed by atoms with Crippen molar-refractivity contribution in [2.24, 2.45) is 0 Å². The van der Waals surface area contributed by atoms with Gasteiger partial charge in [-0.3, -0.25) is 9.59 Å². The number of rotatable bonds is 3. The summed E-state index contributed by atoms with van der Waals surface area (Å²) in [6.07, 6.45) is 1.68. The maximum absolute atomic E-state index is 13.2. The van der Waals surface area contributed by atoms with Crippen molar-refractivity contribution in [3.63, 3.8) is 0 Å². The number of fused-ring (bicyclic) bond motifs is 2. The molecule has 0 unspecified atom stereocenters. The van der Waals surface area contributed by atoms with E-state index in [4.69, 9.17) is 0 Å². The summed E-state index contributed by atoms with van der Waals surface area (Å²) in [5, 5.41) is 4.45. The maximum atomic E-state index is 13.2. The Balaban J connectivity index is 1.64. The van der Waals surface area contributed by atoms with Crippen LogP contribution in [0.2, 0.25) is 0 Å². The molecule has 0 N–H and O–H groups in total. The molecule has 0 fully saturated rings. The van der Waals surface area contributed by atoms with Crippen LogP contribution >= 0.6 is 11.3 Å². The van der Waals surface area contributed by atoms with Crippen LogP contribution in [0.1, 0.15) is 31.9 Å². The monoisotopic (exact) mass is 442 g/mol. The minimum Gasteiger partial charge on any atom is -0.304 e. The van der Waals surface area contributed by atoms with Crippen LogP contribution in [-0.2, 0) is 10.2 Å². The Morgan fingerprint density at radius 1 is 1.06 bits per heavy atom. The van der Waals surface area contributed by atoms with E-state index in [9.17, 15) is 9.59 Å². The van der Waals surface area contributed by atoms with Crippen LogP contribution in [0.15, 0.2) is 66.0 Å². The second kappa shape index (κ2) is 7.24. The Morgan fingerprint density at radius 2 is 1.78 bits per heavy atom. The van der Waals surface area contributed by atoms with Crippen LogP contribution in [-0.4, -0.2) is 27.0 Å². The first kappa shape index (κ1) is 20.3. The van der Waals surface area contributed by atoms with Crippen molar-refractivity contribution in [1.29, 1.82) is 0 Å². The van der Waals surface area contributed by atoms with Gasteiger partial charge in [-0.1, -0.05) is 80.6 Å². The largest absolute Gasteiger partial charge is 0.304 e. The molecule has 1 aliphatic rings. The van der Waals surface area contributed by atoms with E-state index >= 15 is 0 Å². The molecule has 0 saturated heterocycles. The number of nitrogens with zero attached hydrogens (tertiary/aromatic N) is 4. The molecule has 1 aliphatic heterocycles. The number of amides is 1. The van der Waals surface area contributed by atoms with E-state index in [1.807, 2.05) is 36.4 Å². The zero-order valence-electron chi connectivity index (χ0n) is 18.1. The van der Waals surface area contributed by atoms with Crippen LogP contribution in [0.4, 0.5) is 5.69 Å². The number of carbonyl (C=O) groups excluding carboxylic acids is 1. The van der Waals surface area contributed by atoms with E-state index in [1.54, 1.807) is 11.0 Å². The zero-order valence-corrected chi connectivity index (χ0v) is 18.9. The highest BCUT2D eigenvalue weighted by molar-refractivity contribution is 7.15. The molecule has 0 radical (unpaired) electrons. The smallest absolute Gasteiger partial charge is 0.291 e. The zero-order chi connectivity index (χ0) is 22.6. The fraction of sp³-hybridized carbons (Fsp3) is 0.200. The molecule has 1 amide bonds. The summed E-state index contributed by atoms with van der Waals surface area (Å²) in [5.41, 5.74) is 3.73. The van der Waals surface area contributed by atoms with Crippen LogP contribution < -0.4 is 15.0 Å². The number of thiazole rings is 1. The third kappa shape index (κ3) is 3.08. The highest BCUT2D eigenvalue weighted by atomic mass is 32.1. The fourth-order valence-corrected chi connectivity index (χ4v) is 4.93. The third-order valence-electron chi connectivity index (χ3n) is 5.63. The van der Waals surface area contributed by atoms with Gasteiger partial charge in [0.1, 0.15) is 4.53 Å². The van der Waals surface area contributed by atoms with Crippen molar-refractivity contribution < 1.29 is 4.79 Å². The molecule has 0 spiro atoms. The van der Waals surface area contributed by atoms with E-state index < -0.39 is 0 Å².